The number of rotatable bonds is 7. The van der Waals surface area contributed by atoms with E-state index in [-0.39, 0.29) is 12.8 Å². The zero-order chi connectivity index (χ0) is 16.2. The number of amides is 1. The second-order valence-electron chi connectivity index (χ2n) is 4.09. The summed E-state index contributed by atoms with van der Waals surface area (Å²) in [6.45, 7) is 0. The summed E-state index contributed by atoms with van der Waals surface area (Å²) in [5, 5.41) is 8.88. The Balaban J connectivity index is 2.97. The van der Waals surface area contributed by atoms with Gasteiger partial charge in [-0.2, -0.15) is 4.72 Å². The number of carbonyl (C=O) groups is 2. The van der Waals surface area contributed by atoms with Crippen molar-refractivity contribution in [2.24, 2.45) is 5.73 Å². The van der Waals surface area contributed by atoms with Crippen molar-refractivity contribution in [2.45, 2.75) is 23.8 Å². The molecule has 21 heavy (non-hydrogen) atoms. The first-order valence-corrected chi connectivity index (χ1v) is 7.10. The molecule has 0 aromatic heterocycles. The summed E-state index contributed by atoms with van der Waals surface area (Å²) in [5.41, 5.74) is 4.85. The summed E-state index contributed by atoms with van der Waals surface area (Å²) in [5.74, 6) is -4.95. The van der Waals surface area contributed by atoms with Crippen LogP contribution in [0.3, 0.4) is 0 Å². The fourth-order valence-corrected chi connectivity index (χ4v) is 2.65. The van der Waals surface area contributed by atoms with Gasteiger partial charge in [0.15, 0.2) is 11.6 Å². The number of aliphatic carboxylic acids is 1. The monoisotopic (exact) mass is 322 g/mol. The van der Waals surface area contributed by atoms with Crippen molar-refractivity contribution in [2.75, 3.05) is 0 Å². The number of benzene rings is 1. The van der Waals surface area contributed by atoms with Crippen LogP contribution in [0.2, 0.25) is 0 Å². The molecule has 0 bridgehead atoms. The number of hydrogen-bond acceptors (Lipinski definition) is 4. The zero-order valence-electron chi connectivity index (χ0n) is 10.5. The maximum absolute atomic E-state index is 13.0. The van der Waals surface area contributed by atoms with Gasteiger partial charge in [0.2, 0.25) is 15.9 Å². The van der Waals surface area contributed by atoms with E-state index >= 15 is 0 Å². The van der Waals surface area contributed by atoms with Crippen LogP contribution >= 0.6 is 0 Å². The number of hydrogen-bond donors (Lipinski definition) is 3. The lowest BCUT2D eigenvalue weighted by Gasteiger charge is -2.14. The molecule has 0 saturated heterocycles. The number of halogens is 2. The average molecular weight is 322 g/mol. The summed E-state index contributed by atoms with van der Waals surface area (Å²) in [4.78, 5) is 20.9. The van der Waals surface area contributed by atoms with E-state index in [0.717, 1.165) is 6.07 Å². The molecule has 0 aliphatic carbocycles. The van der Waals surface area contributed by atoms with Crippen molar-refractivity contribution in [1.82, 2.24) is 4.72 Å². The number of nitrogens with two attached hydrogens (primary N) is 1. The number of carbonyl (C=O) groups excluding carboxylic acids is 1. The largest absolute Gasteiger partial charge is 0.480 e. The van der Waals surface area contributed by atoms with Crippen LogP contribution in [0.5, 0.6) is 0 Å². The first kappa shape index (κ1) is 17.0. The van der Waals surface area contributed by atoms with Gasteiger partial charge in [-0.25, -0.2) is 17.2 Å². The molecule has 0 radical (unpaired) electrons. The van der Waals surface area contributed by atoms with Crippen LogP contribution in [0.1, 0.15) is 12.8 Å². The highest BCUT2D eigenvalue weighted by Crippen LogP contribution is 2.14. The van der Waals surface area contributed by atoms with Gasteiger partial charge in [-0.1, -0.05) is 0 Å². The Hall–Kier alpha value is -2.07. The van der Waals surface area contributed by atoms with Gasteiger partial charge in [-0.3, -0.25) is 9.59 Å². The lowest BCUT2D eigenvalue weighted by atomic mass is 10.2. The minimum Gasteiger partial charge on any atom is -0.480 e. The van der Waals surface area contributed by atoms with Gasteiger partial charge in [-0.05, 0) is 24.6 Å². The van der Waals surface area contributed by atoms with Crippen LogP contribution < -0.4 is 10.5 Å². The Bertz CT molecular complexity index is 663. The van der Waals surface area contributed by atoms with Gasteiger partial charge in [0, 0.05) is 6.42 Å². The molecule has 0 heterocycles. The van der Waals surface area contributed by atoms with E-state index in [2.05, 4.69) is 0 Å². The average Bonchev–Trinajstić information content (AvgIpc) is 2.37. The predicted octanol–water partition coefficient (Wildman–Crippen LogP) is -0.0382. The quantitative estimate of drug-likeness (QED) is 0.649. The summed E-state index contributed by atoms with van der Waals surface area (Å²) in [6, 6.07) is 0.192. The van der Waals surface area contributed by atoms with E-state index in [1.807, 2.05) is 0 Å². The van der Waals surface area contributed by atoms with Gasteiger partial charge in [-0.15, -0.1) is 0 Å². The van der Waals surface area contributed by atoms with E-state index < -0.39 is 44.5 Å². The third-order valence-corrected chi connectivity index (χ3v) is 3.95. The molecular weight excluding hydrogens is 310 g/mol. The van der Waals surface area contributed by atoms with Gasteiger partial charge in [0.05, 0.1) is 4.90 Å². The fourth-order valence-electron chi connectivity index (χ4n) is 1.42. The maximum atomic E-state index is 13.0. The van der Waals surface area contributed by atoms with Gasteiger partial charge in [0.1, 0.15) is 6.04 Å². The molecule has 0 fully saturated rings. The highest BCUT2D eigenvalue weighted by atomic mass is 32.2. The number of primary amides is 1. The van der Waals surface area contributed by atoms with Crippen LogP contribution in [0, 0.1) is 11.6 Å². The number of carboxylic acids is 1. The molecule has 1 aromatic rings. The minimum absolute atomic E-state index is 0.350. The third-order valence-electron chi connectivity index (χ3n) is 2.48. The molecule has 0 saturated carbocycles. The molecule has 0 aliphatic heterocycles. The molecule has 1 rings (SSSR count). The Morgan fingerprint density at radius 2 is 1.90 bits per heavy atom. The molecule has 0 unspecified atom stereocenters. The molecule has 10 heteroatoms. The number of carboxylic acid groups (broad SMARTS) is 1. The highest BCUT2D eigenvalue weighted by Gasteiger charge is 2.26. The Morgan fingerprint density at radius 1 is 1.29 bits per heavy atom. The molecule has 1 aromatic carbocycles. The predicted molar refractivity (Wildman–Crippen MR) is 66.5 cm³/mol. The Morgan fingerprint density at radius 3 is 2.38 bits per heavy atom. The highest BCUT2D eigenvalue weighted by molar-refractivity contribution is 7.89. The first-order valence-electron chi connectivity index (χ1n) is 5.62. The second kappa shape index (κ2) is 6.59. The molecule has 7 nitrogen and oxygen atoms in total. The van der Waals surface area contributed by atoms with Crippen molar-refractivity contribution in [3.63, 3.8) is 0 Å². The molecule has 116 valence electrons. The van der Waals surface area contributed by atoms with E-state index in [9.17, 15) is 26.8 Å². The van der Waals surface area contributed by atoms with E-state index in [4.69, 9.17) is 10.8 Å². The first-order chi connectivity index (χ1) is 9.63. The van der Waals surface area contributed by atoms with Crippen LogP contribution in [-0.2, 0) is 19.6 Å². The number of nitrogens with one attached hydrogen (secondary N) is 1. The van der Waals surface area contributed by atoms with Crippen molar-refractivity contribution in [3.8, 4) is 0 Å². The summed E-state index contributed by atoms with van der Waals surface area (Å²) < 4.78 is 51.3. The standard InChI is InChI=1S/C11H12F2N2O5S/c12-7-2-1-6(5-8(7)13)21(19,20)15-9(11(17)18)3-4-10(14)16/h1-2,5,9,15H,3-4H2,(H2,14,16)(H,17,18)/t9-/m1/s1. The molecule has 0 aliphatic rings. The molecule has 1 atom stereocenters. The molecule has 4 N–H and O–H groups in total. The fraction of sp³-hybridized carbons (Fsp3) is 0.273. The zero-order valence-corrected chi connectivity index (χ0v) is 11.4. The van der Waals surface area contributed by atoms with Gasteiger partial charge in [0.25, 0.3) is 0 Å². The van der Waals surface area contributed by atoms with Crippen molar-refractivity contribution >= 4 is 21.9 Å². The van der Waals surface area contributed by atoms with E-state index in [0.29, 0.717) is 12.1 Å². The number of sulfonamides is 1. The van der Waals surface area contributed by atoms with Crippen LogP contribution in [-0.4, -0.2) is 31.4 Å². The van der Waals surface area contributed by atoms with Crippen molar-refractivity contribution in [1.29, 1.82) is 0 Å². The van der Waals surface area contributed by atoms with E-state index in [1.165, 1.54) is 0 Å². The topological polar surface area (TPSA) is 127 Å². The van der Waals surface area contributed by atoms with Gasteiger partial charge < -0.3 is 10.8 Å². The van der Waals surface area contributed by atoms with Crippen LogP contribution in [0.4, 0.5) is 8.78 Å². The van der Waals surface area contributed by atoms with Crippen LogP contribution in [0.15, 0.2) is 23.1 Å². The summed E-state index contributed by atoms with van der Waals surface area (Å²) >= 11 is 0. The molecular formula is C11H12F2N2O5S. The van der Waals surface area contributed by atoms with Crippen molar-refractivity contribution in [3.05, 3.63) is 29.8 Å². The van der Waals surface area contributed by atoms with E-state index in [1.54, 1.807) is 4.72 Å². The Labute approximate surface area is 118 Å². The second-order valence-corrected chi connectivity index (χ2v) is 5.81. The summed E-state index contributed by atoms with van der Waals surface area (Å²) in [7, 11) is -4.38. The lowest BCUT2D eigenvalue weighted by Crippen LogP contribution is -2.41. The minimum atomic E-state index is -4.38. The normalized spacial score (nSPS) is 12.9. The Kier molecular flexibility index (Phi) is 5.33. The smallest absolute Gasteiger partial charge is 0.321 e. The summed E-state index contributed by atoms with van der Waals surface area (Å²) in [6.07, 6.45) is -0.717. The van der Waals surface area contributed by atoms with Gasteiger partial charge >= 0.3 is 5.97 Å². The van der Waals surface area contributed by atoms with Crippen LogP contribution in [0.25, 0.3) is 0 Å². The maximum Gasteiger partial charge on any atom is 0.321 e. The van der Waals surface area contributed by atoms with Crippen molar-refractivity contribution < 1.29 is 31.9 Å². The lowest BCUT2D eigenvalue weighted by molar-refractivity contribution is -0.139. The molecule has 0 spiro atoms. The third kappa shape index (κ3) is 4.76. The SMILES string of the molecule is NC(=O)CC[C@@H](NS(=O)(=O)c1ccc(F)c(F)c1)C(=O)O. The molecule has 1 amide bonds.